The summed E-state index contributed by atoms with van der Waals surface area (Å²) in [7, 11) is 1.69. The molecule has 146 valence electrons. The van der Waals surface area contributed by atoms with Gasteiger partial charge in [0.2, 0.25) is 0 Å². The Morgan fingerprint density at radius 3 is 2.54 bits per heavy atom. The van der Waals surface area contributed by atoms with E-state index in [0.717, 1.165) is 37.2 Å². The molecule has 0 bridgehead atoms. The minimum atomic E-state index is -0.175. The van der Waals surface area contributed by atoms with Gasteiger partial charge in [0, 0.05) is 42.3 Å². The highest BCUT2D eigenvalue weighted by molar-refractivity contribution is 14.0. The molecule has 3 rings (SSSR count). The van der Waals surface area contributed by atoms with Crippen molar-refractivity contribution in [2.24, 2.45) is 10.7 Å². The molecule has 2 N–H and O–H groups in total. The number of aliphatic imine (C=N–C) groups is 1. The van der Waals surface area contributed by atoms with E-state index in [0.29, 0.717) is 44.0 Å². The Morgan fingerprint density at radius 1 is 1.23 bits per heavy atom. The predicted molar refractivity (Wildman–Crippen MR) is 114 cm³/mol. The molecule has 8 heteroatoms. The summed E-state index contributed by atoms with van der Waals surface area (Å²) >= 11 is 6.27. The first kappa shape index (κ1) is 21.5. The largest absolute Gasteiger partial charge is 0.496 e. The van der Waals surface area contributed by atoms with Gasteiger partial charge < -0.3 is 24.8 Å². The van der Waals surface area contributed by atoms with Crippen LogP contribution in [0.4, 0.5) is 0 Å². The second-order valence-corrected chi connectivity index (χ2v) is 6.95. The van der Waals surface area contributed by atoms with Gasteiger partial charge in [-0.2, -0.15) is 0 Å². The van der Waals surface area contributed by atoms with Gasteiger partial charge in [-0.3, -0.25) is 4.99 Å². The number of ether oxygens (including phenoxy) is 3. The third-order valence-corrected chi connectivity index (χ3v) is 5.30. The maximum absolute atomic E-state index is 6.27. The topological polar surface area (TPSA) is 69.3 Å². The van der Waals surface area contributed by atoms with E-state index < -0.39 is 0 Å². The molecule has 2 heterocycles. The molecule has 1 aromatic rings. The minimum absolute atomic E-state index is 0. The van der Waals surface area contributed by atoms with Crippen LogP contribution in [-0.2, 0) is 14.9 Å². The van der Waals surface area contributed by atoms with Crippen LogP contribution in [0.2, 0.25) is 5.02 Å². The molecule has 2 saturated heterocycles. The molecular formula is C18H27ClIN3O3. The molecule has 6 nitrogen and oxygen atoms in total. The van der Waals surface area contributed by atoms with Crippen LogP contribution in [0.3, 0.4) is 0 Å². The van der Waals surface area contributed by atoms with Gasteiger partial charge in [-0.05, 0) is 31.0 Å². The second kappa shape index (κ2) is 9.96. The lowest BCUT2D eigenvalue weighted by molar-refractivity contribution is 0.0516. The van der Waals surface area contributed by atoms with E-state index in [-0.39, 0.29) is 29.4 Å². The van der Waals surface area contributed by atoms with Gasteiger partial charge in [-0.1, -0.05) is 11.6 Å². The quantitative estimate of drug-likeness (QED) is 0.395. The Hall–Kier alpha value is -0.770. The summed E-state index contributed by atoms with van der Waals surface area (Å²) in [6.07, 6.45) is 1.73. The molecule has 0 radical (unpaired) electrons. The van der Waals surface area contributed by atoms with E-state index in [4.69, 9.17) is 36.5 Å². The van der Waals surface area contributed by atoms with Gasteiger partial charge in [-0.25, -0.2) is 0 Å². The van der Waals surface area contributed by atoms with Crippen molar-refractivity contribution in [1.29, 1.82) is 0 Å². The standard InChI is InChI=1S/C18H26ClN3O3.HI/c1-23-16-3-2-14(19)12-15(16)18(4-8-24-9-5-18)13-21-17(20)22-6-10-25-11-7-22;/h2-3,12H,4-11,13H2,1H3,(H2,20,21);1H. The highest BCUT2D eigenvalue weighted by Gasteiger charge is 2.37. The van der Waals surface area contributed by atoms with Crippen LogP contribution < -0.4 is 10.5 Å². The Balaban J connectivity index is 0.00000243. The molecule has 0 aromatic heterocycles. The van der Waals surface area contributed by atoms with Gasteiger partial charge in [0.25, 0.3) is 0 Å². The number of hydrogen-bond acceptors (Lipinski definition) is 4. The molecular weight excluding hydrogens is 469 g/mol. The van der Waals surface area contributed by atoms with Crippen molar-refractivity contribution < 1.29 is 14.2 Å². The average molecular weight is 496 g/mol. The van der Waals surface area contributed by atoms with Crippen molar-refractivity contribution in [3.8, 4) is 5.75 Å². The van der Waals surface area contributed by atoms with Gasteiger partial charge in [-0.15, -0.1) is 24.0 Å². The van der Waals surface area contributed by atoms with Crippen LogP contribution in [-0.4, -0.2) is 64.0 Å². The van der Waals surface area contributed by atoms with Gasteiger partial charge in [0.05, 0.1) is 26.9 Å². The zero-order chi connectivity index (χ0) is 17.7. The first-order chi connectivity index (χ1) is 12.1. The van der Waals surface area contributed by atoms with Crippen LogP contribution in [0.25, 0.3) is 0 Å². The summed E-state index contributed by atoms with van der Waals surface area (Å²) in [5, 5.41) is 0.701. The Morgan fingerprint density at radius 2 is 1.88 bits per heavy atom. The van der Waals surface area contributed by atoms with E-state index in [2.05, 4.69) is 4.90 Å². The molecule has 0 atom stereocenters. The average Bonchev–Trinajstić information content (AvgIpc) is 2.67. The zero-order valence-electron chi connectivity index (χ0n) is 15.1. The van der Waals surface area contributed by atoms with Gasteiger partial charge in [0.15, 0.2) is 5.96 Å². The van der Waals surface area contributed by atoms with Crippen LogP contribution in [0.1, 0.15) is 18.4 Å². The highest BCUT2D eigenvalue weighted by Crippen LogP contribution is 2.41. The SMILES string of the molecule is COc1ccc(Cl)cc1C1(CN=C(N)N2CCOCC2)CCOCC1.I. The van der Waals surface area contributed by atoms with Crippen molar-refractivity contribution >= 4 is 41.5 Å². The summed E-state index contributed by atoms with van der Waals surface area (Å²) in [6.45, 7) is 4.94. The van der Waals surface area contributed by atoms with Crippen LogP contribution in [0, 0.1) is 0 Å². The molecule has 2 fully saturated rings. The summed E-state index contributed by atoms with van der Waals surface area (Å²) in [5.41, 5.74) is 7.15. The molecule has 0 aliphatic carbocycles. The molecule has 0 unspecified atom stereocenters. The van der Waals surface area contributed by atoms with E-state index in [9.17, 15) is 0 Å². The summed E-state index contributed by atoms with van der Waals surface area (Å²) in [6, 6.07) is 5.76. The van der Waals surface area contributed by atoms with Gasteiger partial charge in [0.1, 0.15) is 5.75 Å². The number of nitrogens with two attached hydrogens (primary N) is 1. The first-order valence-corrected chi connectivity index (χ1v) is 9.07. The van der Waals surface area contributed by atoms with E-state index >= 15 is 0 Å². The van der Waals surface area contributed by atoms with Crippen LogP contribution >= 0.6 is 35.6 Å². The molecule has 2 aliphatic rings. The zero-order valence-corrected chi connectivity index (χ0v) is 18.2. The second-order valence-electron chi connectivity index (χ2n) is 6.51. The van der Waals surface area contributed by atoms with Crippen molar-refractivity contribution in [3.05, 3.63) is 28.8 Å². The Kier molecular flexibility index (Phi) is 8.25. The normalized spacial score (nSPS) is 20.4. The van der Waals surface area contributed by atoms with E-state index in [1.54, 1.807) is 7.11 Å². The number of nitrogens with zero attached hydrogens (tertiary/aromatic N) is 2. The van der Waals surface area contributed by atoms with Gasteiger partial charge >= 0.3 is 0 Å². The third kappa shape index (κ3) is 4.94. The smallest absolute Gasteiger partial charge is 0.191 e. The fourth-order valence-electron chi connectivity index (χ4n) is 3.49. The molecule has 2 aliphatic heterocycles. The molecule has 0 saturated carbocycles. The Labute approximate surface area is 177 Å². The van der Waals surface area contributed by atoms with E-state index in [1.165, 1.54) is 0 Å². The number of methoxy groups -OCH3 is 1. The fourth-order valence-corrected chi connectivity index (χ4v) is 3.67. The minimum Gasteiger partial charge on any atom is -0.496 e. The molecule has 0 amide bonds. The summed E-state index contributed by atoms with van der Waals surface area (Å²) in [5.74, 6) is 1.42. The maximum Gasteiger partial charge on any atom is 0.191 e. The lowest BCUT2D eigenvalue weighted by Crippen LogP contribution is -2.46. The van der Waals surface area contributed by atoms with Crippen molar-refractivity contribution in [3.63, 3.8) is 0 Å². The molecule has 26 heavy (non-hydrogen) atoms. The predicted octanol–water partition coefficient (Wildman–Crippen LogP) is 2.66. The number of halogens is 2. The van der Waals surface area contributed by atoms with Crippen LogP contribution in [0.5, 0.6) is 5.75 Å². The van der Waals surface area contributed by atoms with Crippen LogP contribution in [0.15, 0.2) is 23.2 Å². The van der Waals surface area contributed by atoms with Crippen molar-refractivity contribution in [2.75, 3.05) is 53.2 Å². The first-order valence-electron chi connectivity index (χ1n) is 8.69. The maximum atomic E-state index is 6.27. The van der Waals surface area contributed by atoms with Crippen molar-refractivity contribution in [1.82, 2.24) is 4.90 Å². The number of benzene rings is 1. The number of morpholine rings is 1. The fraction of sp³-hybridized carbons (Fsp3) is 0.611. The molecule has 1 aromatic carbocycles. The Bertz CT molecular complexity index is 618. The highest BCUT2D eigenvalue weighted by atomic mass is 127. The summed E-state index contributed by atoms with van der Waals surface area (Å²) < 4.78 is 16.6. The lowest BCUT2D eigenvalue weighted by atomic mass is 9.73. The monoisotopic (exact) mass is 495 g/mol. The number of rotatable bonds is 4. The van der Waals surface area contributed by atoms with E-state index in [1.807, 2.05) is 18.2 Å². The number of hydrogen-bond donors (Lipinski definition) is 1. The third-order valence-electron chi connectivity index (χ3n) is 5.06. The molecule has 0 spiro atoms. The summed E-state index contributed by atoms with van der Waals surface area (Å²) in [4.78, 5) is 6.81. The lowest BCUT2D eigenvalue weighted by Gasteiger charge is -2.38. The van der Waals surface area contributed by atoms with Crippen molar-refractivity contribution in [2.45, 2.75) is 18.3 Å². The number of guanidine groups is 1.